The van der Waals surface area contributed by atoms with Gasteiger partial charge in [0.25, 0.3) is 5.91 Å². The SMILES string of the molecule is O=C(NC(c1ccccn1)c1ccccn1)c1cn[nH]c1. The minimum atomic E-state index is -0.408. The fourth-order valence-corrected chi connectivity index (χ4v) is 1.98. The summed E-state index contributed by atoms with van der Waals surface area (Å²) in [5, 5.41) is 9.33. The van der Waals surface area contributed by atoms with Crippen LogP contribution in [0.5, 0.6) is 0 Å². The maximum atomic E-state index is 12.2. The number of aromatic nitrogens is 4. The van der Waals surface area contributed by atoms with Crippen molar-refractivity contribution < 1.29 is 4.79 Å². The van der Waals surface area contributed by atoms with Gasteiger partial charge < -0.3 is 5.32 Å². The highest BCUT2D eigenvalue weighted by Gasteiger charge is 2.20. The number of hydrogen-bond acceptors (Lipinski definition) is 4. The Morgan fingerprint density at radius 2 is 1.71 bits per heavy atom. The third-order valence-corrected chi connectivity index (χ3v) is 3.00. The normalized spacial score (nSPS) is 10.5. The van der Waals surface area contributed by atoms with Crippen LogP contribution in [0, 0.1) is 0 Å². The molecule has 0 unspecified atom stereocenters. The molecule has 0 saturated heterocycles. The number of pyridine rings is 2. The van der Waals surface area contributed by atoms with Crippen LogP contribution < -0.4 is 5.32 Å². The molecule has 0 radical (unpaired) electrons. The number of carbonyl (C=O) groups is 1. The van der Waals surface area contributed by atoms with Gasteiger partial charge in [-0.2, -0.15) is 5.10 Å². The van der Waals surface area contributed by atoms with E-state index in [2.05, 4.69) is 25.5 Å². The lowest BCUT2D eigenvalue weighted by Gasteiger charge is -2.17. The summed E-state index contributed by atoms with van der Waals surface area (Å²) in [5.74, 6) is -0.231. The van der Waals surface area contributed by atoms with Gasteiger partial charge in [-0.1, -0.05) is 12.1 Å². The van der Waals surface area contributed by atoms with Gasteiger partial charge in [0.2, 0.25) is 0 Å². The van der Waals surface area contributed by atoms with Crippen molar-refractivity contribution in [2.45, 2.75) is 6.04 Å². The van der Waals surface area contributed by atoms with Crippen molar-refractivity contribution in [3.05, 3.63) is 78.1 Å². The number of aromatic amines is 1. The molecule has 0 spiro atoms. The number of rotatable bonds is 4. The quantitative estimate of drug-likeness (QED) is 0.761. The van der Waals surface area contributed by atoms with Crippen LogP contribution in [0.15, 0.2) is 61.2 Å². The molecule has 6 heteroatoms. The van der Waals surface area contributed by atoms with Crippen LogP contribution in [0.2, 0.25) is 0 Å². The first-order valence-corrected chi connectivity index (χ1v) is 6.46. The minimum absolute atomic E-state index is 0.231. The number of hydrogen-bond donors (Lipinski definition) is 2. The fourth-order valence-electron chi connectivity index (χ4n) is 1.98. The Balaban J connectivity index is 1.92. The van der Waals surface area contributed by atoms with Crippen molar-refractivity contribution in [3.8, 4) is 0 Å². The zero-order valence-corrected chi connectivity index (χ0v) is 11.1. The second-order valence-electron chi connectivity index (χ2n) is 4.40. The van der Waals surface area contributed by atoms with Gasteiger partial charge in [-0.25, -0.2) is 0 Å². The molecule has 0 aromatic carbocycles. The van der Waals surface area contributed by atoms with Crippen molar-refractivity contribution >= 4 is 5.91 Å². The summed E-state index contributed by atoms with van der Waals surface area (Å²) in [4.78, 5) is 20.9. The molecule has 6 nitrogen and oxygen atoms in total. The standard InChI is InChI=1S/C15H13N5O/c21-15(11-9-18-19-10-11)20-14(12-5-1-3-7-16-12)13-6-2-4-8-17-13/h1-10,14H,(H,18,19)(H,20,21). The molecule has 2 N–H and O–H groups in total. The molecule has 21 heavy (non-hydrogen) atoms. The van der Waals surface area contributed by atoms with E-state index in [-0.39, 0.29) is 5.91 Å². The zero-order chi connectivity index (χ0) is 14.5. The van der Waals surface area contributed by atoms with E-state index in [1.165, 1.54) is 6.20 Å². The van der Waals surface area contributed by atoms with Crippen LogP contribution >= 0.6 is 0 Å². The maximum absolute atomic E-state index is 12.2. The summed E-state index contributed by atoms with van der Waals surface area (Å²) in [7, 11) is 0. The first kappa shape index (κ1) is 13.0. The Morgan fingerprint density at radius 1 is 1.05 bits per heavy atom. The lowest BCUT2D eigenvalue weighted by Crippen LogP contribution is -2.30. The van der Waals surface area contributed by atoms with E-state index in [4.69, 9.17) is 0 Å². The second kappa shape index (κ2) is 5.96. The number of nitrogens with zero attached hydrogens (tertiary/aromatic N) is 3. The molecule has 1 amide bonds. The number of nitrogens with one attached hydrogen (secondary N) is 2. The average molecular weight is 279 g/mol. The molecular weight excluding hydrogens is 266 g/mol. The third kappa shape index (κ3) is 2.94. The highest BCUT2D eigenvalue weighted by Crippen LogP contribution is 2.18. The fraction of sp³-hybridized carbons (Fsp3) is 0.0667. The lowest BCUT2D eigenvalue weighted by molar-refractivity contribution is 0.0941. The van der Waals surface area contributed by atoms with Gasteiger partial charge in [-0.15, -0.1) is 0 Å². The summed E-state index contributed by atoms with van der Waals surface area (Å²) >= 11 is 0. The Bertz CT molecular complexity index is 658. The van der Waals surface area contributed by atoms with Crippen LogP contribution in [0.1, 0.15) is 27.8 Å². The summed E-state index contributed by atoms with van der Waals surface area (Å²) in [5.41, 5.74) is 1.92. The predicted molar refractivity (Wildman–Crippen MR) is 76.4 cm³/mol. The Labute approximate surface area is 121 Å². The molecule has 0 fully saturated rings. The number of H-pyrrole nitrogens is 1. The van der Waals surface area contributed by atoms with Crippen molar-refractivity contribution in [3.63, 3.8) is 0 Å². The monoisotopic (exact) mass is 279 g/mol. The van der Waals surface area contributed by atoms with Gasteiger partial charge in [-0.05, 0) is 24.3 Å². The number of carbonyl (C=O) groups excluding carboxylic acids is 1. The van der Waals surface area contributed by atoms with Crippen molar-refractivity contribution in [2.75, 3.05) is 0 Å². The largest absolute Gasteiger partial charge is 0.338 e. The van der Waals surface area contributed by atoms with Crippen molar-refractivity contribution in [1.82, 2.24) is 25.5 Å². The highest BCUT2D eigenvalue weighted by molar-refractivity contribution is 5.94. The Hall–Kier alpha value is -3.02. The highest BCUT2D eigenvalue weighted by atomic mass is 16.1. The smallest absolute Gasteiger partial charge is 0.255 e. The average Bonchev–Trinajstić information content (AvgIpc) is 3.09. The Morgan fingerprint density at radius 3 is 2.19 bits per heavy atom. The summed E-state index contributed by atoms with van der Waals surface area (Å²) in [6.07, 6.45) is 6.40. The van der Waals surface area contributed by atoms with Gasteiger partial charge >= 0.3 is 0 Å². The maximum Gasteiger partial charge on any atom is 0.255 e. The lowest BCUT2D eigenvalue weighted by atomic mass is 10.1. The molecule has 0 saturated carbocycles. The molecule has 0 atom stereocenters. The summed E-state index contributed by atoms with van der Waals surface area (Å²) in [6, 6.07) is 10.7. The van der Waals surface area contributed by atoms with Crippen LogP contribution in [-0.2, 0) is 0 Å². The molecule has 104 valence electrons. The molecule has 0 aliphatic heterocycles. The van der Waals surface area contributed by atoms with Gasteiger partial charge in [0.15, 0.2) is 0 Å². The van der Waals surface area contributed by atoms with E-state index in [9.17, 15) is 4.79 Å². The predicted octanol–water partition coefficient (Wildman–Crippen LogP) is 1.72. The van der Waals surface area contributed by atoms with E-state index in [0.29, 0.717) is 5.56 Å². The summed E-state index contributed by atoms with van der Waals surface area (Å²) < 4.78 is 0. The molecule has 0 aliphatic carbocycles. The minimum Gasteiger partial charge on any atom is -0.338 e. The van der Waals surface area contributed by atoms with E-state index in [1.54, 1.807) is 18.6 Å². The van der Waals surface area contributed by atoms with E-state index in [0.717, 1.165) is 11.4 Å². The molecule has 3 aromatic rings. The van der Waals surface area contributed by atoms with Crippen LogP contribution in [0.3, 0.4) is 0 Å². The first-order chi connectivity index (χ1) is 10.3. The van der Waals surface area contributed by atoms with E-state index < -0.39 is 6.04 Å². The third-order valence-electron chi connectivity index (χ3n) is 3.00. The molecule has 3 aromatic heterocycles. The van der Waals surface area contributed by atoms with Gasteiger partial charge in [-0.3, -0.25) is 19.9 Å². The van der Waals surface area contributed by atoms with Crippen molar-refractivity contribution in [2.24, 2.45) is 0 Å². The molecule has 3 heterocycles. The molecular formula is C15H13N5O. The van der Waals surface area contributed by atoms with Crippen LogP contribution in [0.4, 0.5) is 0 Å². The molecule has 0 aliphatic rings. The van der Waals surface area contributed by atoms with Gasteiger partial charge in [0.05, 0.1) is 23.1 Å². The van der Waals surface area contributed by atoms with Crippen molar-refractivity contribution in [1.29, 1.82) is 0 Å². The van der Waals surface area contributed by atoms with Crippen LogP contribution in [-0.4, -0.2) is 26.1 Å². The van der Waals surface area contributed by atoms with E-state index >= 15 is 0 Å². The number of amides is 1. The second-order valence-corrected chi connectivity index (χ2v) is 4.40. The summed E-state index contributed by atoms with van der Waals surface area (Å²) in [6.45, 7) is 0. The van der Waals surface area contributed by atoms with E-state index in [1.807, 2.05) is 36.4 Å². The topological polar surface area (TPSA) is 83.6 Å². The van der Waals surface area contributed by atoms with Crippen LogP contribution in [0.25, 0.3) is 0 Å². The van der Waals surface area contributed by atoms with Gasteiger partial charge in [0.1, 0.15) is 6.04 Å². The molecule has 0 bridgehead atoms. The van der Waals surface area contributed by atoms with Gasteiger partial charge in [0, 0.05) is 18.6 Å². The first-order valence-electron chi connectivity index (χ1n) is 6.46. The zero-order valence-electron chi connectivity index (χ0n) is 11.1. The molecule has 3 rings (SSSR count). The Kier molecular flexibility index (Phi) is 3.68.